The Kier molecular flexibility index (Phi) is 7.94. The number of allylic oxidation sites excluding steroid dienone is 3. The standard InChI is InChI=1S/C16H24O2/c1-2-14-18-16(17)15-12-10-8-6-4-3-5-7-9-11-13-15/h2,8,10,12H,1,3-7,9,11,13-14H2/b10-8-,15-12-. The van der Waals surface area contributed by atoms with Crippen LogP contribution >= 0.6 is 0 Å². The van der Waals surface area contributed by atoms with Gasteiger partial charge in [0.1, 0.15) is 6.61 Å². The molecule has 1 rings (SSSR count). The molecule has 0 saturated carbocycles. The summed E-state index contributed by atoms with van der Waals surface area (Å²) in [5.41, 5.74) is 0.786. The van der Waals surface area contributed by atoms with Crippen molar-refractivity contribution in [1.29, 1.82) is 0 Å². The molecule has 0 heterocycles. The number of ether oxygens (including phenoxy) is 1. The van der Waals surface area contributed by atoms with Crippen molar-refractivity contribution in [3.8, 4) is 0 Å². The molecule has 0 amide bonds. The van der Waals surface area contributed by atoms with Gasteiger partial charge < -0.3 is 4.74 Å². The number of rotatable bonds is 3. The molecular formula is C16H24O2. The lowest BCUT2D eigenvalue weighted by atomic mass is 10.0. The van der Waals surface area contributed by atoms with Gasteiger partial charge in [-0.1, -0.05) is 56.6 Å². The second-order valence-electron chi connectivity index (χ2n) is 4.67. The van der Waals surface area contributed by atoms with Crippen molar-refractivity contribution < 1.29 is 9.53 Å². The molecule has 2 nitrogen and oxygen atoms in total. The molecule has 0 aromatic heterocycles. The molecule has 0 aromatic rings. The van der Waals surface area contributed by atoms with E-state index in [-0.39, 0.29) is 5.97 Å². The van der Waals surface area contributed by atoms with Crippen LogP contribution in [0, 0.1) is 0 Å². The Hall–Kier alpha value is -1.31. The Morgan fingerprint density at radius 2 is 1.94 bits per heavy atom. The summed E-state index contributed by atoms with van der Waals surface area (Å²) < 4.78 is 5.10. The Morgan fingerprint density at radius 3 is 2.72 bits per heavy atom. The van der Waals surface area contributed by atoms with Crippen molar-refractivity contribution in [3.63, 3.8) is 0 Å². The fourth-order valence-corrected chi connectivity index (χ4v) is 2.05. The highest BCUT2D eigenvalue weighted by Crippen LogP contribution is 2.15. The molecule has 0 radical (unpaired) electrons. The molecule has 0 bridgehead atoms. The maximum Gasteiger partial charge on any atom is 0.334 e. The predicted octanol–water partition coefficient (Wildman–Crippen LogP) is 4.33. The van der Waals surface area contributed by atoms with Gasteiger partial charge in [-0.15, -0.1) is 0 Å². The number of hydrogen-bond donors (Lipinski definition) is 0. The van der Waals surface area contributed by atoms with Crippen LogP contribution in [-0.4, -0.2) is 12.6 Å². The van der Waals surface area contributed by atoms with Crippen LogP contribution in [0.4, 0.5) is 0 Å². The minimum Gasteiger partial charge on any atom is -0.458 e. The second kappa shape index (κ2) is 9.69. The molecule has 0 spiro atoms. The Morgan fingerprint density at radius 1 is 1.22 bits per heavy atom. The van der Waals surface area contributed by atoms with Crippen molar-refractivity contribution >= 4 is 5.97 Å². The van der Waals surface area contributed by atoms with Crippen LogP contribution in [0.25, 0.3) is 0 Å². The zero-order valence-corrected chi connectivity index (χ0v) is 11.2. The van der Waals surface area contributed by atoms with E-state index in [4.69, 9.17) is 4.74 Å². The van der Waals surface area contributed by atoms with E-state index in [1.807, 2.05) is 12.2 Å². The molecule has 18 heavy (non-hydrogen) atoms. The van der Waals surface area contributed by atoms with E-state index in [1.165, 1.54) is 32.1 Å². The van der Waals surface area contributed by atoms with Gasteiger partial charge in [0.05, 0.1) is 0 Å². The van der Waals surface area contributed by atoms with Crippen LogP contribution in [-0.2, 0) is 9.53 Å². The van der Waals surface area contributed by atoms with Gasteiger partial charge in [0.15, 0.2) is 0 Å². The summed E-state index contributed by atoms with van der Waals surface area (Å²) in [4.78, 5) is 11.8. The Labute approximate surface area is 110 Å². The van der Waals surface area contributed by atoms with Gasteiger partial charge >= 0.3 is 5.97 Å². The van der Waals surface area contributed by atoms with Gasteiger partial charge in [-0.3, -0.25) is 0 Å². The van der Waals surface area contributed by atoms with Gasteiger partial charge in [-0.25, -0.2) is 4.79 Å². The summed E-state index contributed by atoms with van der Waals surface area (Å²) in [5, 5.41) is 0. The van der Waals surface area contributed by atoms with Gasteiger partial charge in [0.25, 0.3) is 0 Å². The first-order valence-corrected chi connectivity index (χ1v) is 6.98. The lowest BCUT2D eigenvalue weighted by Gasteiger charge is -2.07. The highest BCUT2D eigenvalue weighted by Gasteiger charge is 2.09. The molecule has 0 unspecified atom stereocenters. The third kappa shape index (κ3) is 6.43. The van der Waals surface area contributed by atoms with Crippen molar-refractivity contribution in [2.45, 2.75) is 51.4 Å². The molecule has 0 saturated heterocycles. The topological polar surface area (TPSA) is 26.3 Å². The smallest absolute Gasteiger partial charge is 0.334 e. The van der Waals surface area contributed by atoms with E-state index in [0.717, 1.165) is 24.8 Å². The van der Waals surface area contributed by atoms with Gasteiger partial charge in [-0.05, 0) is 25.7 Å². The summed E-state index contributed by atoms with van der Waals surface area (Å²) in [5.74, 6) is -0.198. The molecule has 0 N–H and O–H groups in total. The van der Waals surface area contributed by atoms with E-state index in [1.54, 1.807) is 6.08 Å². The summed E-state index contributed by atoms with van der Waals surface area (Å²) in [6, 6.07) is 0. The molecule has 0 atom stereocenters. The van der Waals surface area contributed by atoms with E-state index < -0.39 is 0 Å². The fraction of sp³-hybridized carbons (Fsp3) is 0.562. The van der Waals surface area contributed by atoms with Crippen LogP contribution < -0.4 is 0 Å². The van der Waals surface area contributed by atoms with Gasteiger partial charge in [0.2, 0.25) is 0 Å². The quantitative estimate of drug-likeness (QED) is 0.549. The third-order valence-electron chi connectivity index (χ3n) is 3.09. The third-order valence-corrected chi connectivity index (χ3v) is 3.09. The molecular weight excluding hydrogens is 224 g/mol. The zero-order valence-electron chi connectivity index (χ0n) is 11.2. The first kappa shape index (κ1) is 14.7. The molecule has 0 fully saturated rings. The van der Waals surface area contributed by atoms with Crippen molar-refractivity contribution in [1.82, 2.24) is 0 Å². The fourth-order valence-electron chi connectivity index (χ4n) is 2.05. The van der Waals surface area contributed by atoms with Crippen molar-refractivity contribution in [3.05, 3.63) is 36.5 Å². The molecule has 1 aliphatic rings. The van der Waals surface area contributed by atoms with Gasteiger partial charge in [-0.2, -0.15) is 0 Å². The largest absolute Gasteiger partial charge is 0.458 e. The number of carbonyl (C=O) groups excluding carboxylic acids is 1. The first-order chi connectivity index (χ1) is 8.84. The number of carbonyl (C=O) groups is 1. The first-order valence-electron chi connectivity index (χ1n) is 6.98. The lowest BCUT2D eigenvalue weighted by Crippen LogP contribution is -2.08. The van der Waals surface area contributed by atoms with Crippen LogP contribution in [0.2, 0.25) is 0 Å². The molecule has 2 heteroatoms. The van der Waals surface area contributed by atoms with Crippen LogP contribution in [0.3, 0.4) is 0 Å². The number of esters is 1. The highest BCUT2D eigenvalue weighted by molar-refractivity contribution is 5.88. The molecule has 100 valence electrons. The predicted molar refractivity (Wildman–Crippen MR) is 75.3 cm³/mol. The van der Waals surface area contributed by atoms with E-state index in [0.29, 0.717) is 6.61 Å². The van der Waals surface area contributed by atoms with Gasteiger partial charge in [0, 0.05) is 5.57 Å². The van der Waals surface area contributed by atoms with Crippen LogP contribution in [0.1, 0.15) is 51.4 Å². The van der Waals surface area contributed by atoms with Crippen LogP contribution in [0.5, 0.6) is 0 Å². The lowest BCUT2D eigenvalue weighted by molar-refractivity contribution is -0.138. The number of hydrogen-bond acceptors (Lipinski definition) is 2. The summed E-state index contributed by atoms with van der Waals surface area (Å²) in [6.45, 7) is 3.84. The van der Waals surface area contributed by atoms with Crippen molar-refractivity contribution in [2.24, 2.45) is 0 Å². The van der Waals surface area contributed by atoms with E-state index in [9.17, 15) is 4.79 Å². The van der Waals surface area contributed by atoms with Crippen molar-refractivity contribution in [2.75, 3.05) is 6.61 Å². The average molecular weight is 248 g/mol. The maximum absolute atomic E-state index is 11.8. The minimum atomic E-state index is -0.198. The summed E-state index contributed by atoms with van der Waals surface area (Å²) >= 11 is 0. The van der Waals surface area contributed by atoms with E-state index >= 15 is 0 Å². The highest BCUT2D eigenvalue weighted by atomic mass is 16.5. The SMILES string of the molecule is C=CCOC(=O)/C1=C\C=C/CCCCCCCC1. The normalized spacial score (nSPS) is 22.8. The maximum atomic E-state index is 11.8. The molecule has 0 aromatic carbocycles. The summed E-state index contributed by atoms with van der Waals surface area (Å²) in [6.07, 6.45) is 17.0. The second-order valence-corrected chi connectivity index (χ2v) is 4.67. The average Bonchev–Trinajstić information content (AvgIpc) is 2.36. The molecule has 1 aliphatic carbocycles. The minimum absolute atomic E-state index is 0.198. The Balaban J connectivity index is 2.56. The Bertz CT molecular complexity index is 313. The summed E-state index contributed by atoms with van der Waals surface area (Å²) in [7, 11) is 0. The molecule has 0 aliphatic heterocycles. The zero-order chi connectivity index (χ0) is 13.1. The van der Waals surface area contributed by atoms with E-state index in [2.05, 4.69) is 12.7 Å². The van der Waals surface area contributed by atoms with Crippen LogP contribution in [0.15, 0.2) is 36.5 Å². The monoisotopic (exact) mass is 248 g/mol.